The van der Waals surface area contributed by atoms with Crippen molar-refractivity contribution in [3.8, 4) is 5.75 Å². The Morgan fingerprint density at radius 2 is 1.86 bits per heavy atom. The van der Waals surface area contributed by atoms with E-state index in [0.29, 0.717) is 36.7 Å². The number of amides is 3. The van der Waals surface area contributed by atoms with Gasteiger partial charge in [-0.2, -0.15) is 0 Å². The van der Waals surface area contributed by atoms with Crippen LogP contribution in [0.1, 0.15) is 23.7 Å². The first-order valence-electron chi connectivity index (χ1n) is 9.25. The van der Waals surface area contributed by atoms with E-state index in [2.05, 4.69) is 10.6 Å². The normalized spacial score (nSPS) is 16.2. The molecule has 0 saturated carbocycles. The summed E-state index contributed by atoms with van der Waals surface area (Å²) in [4.78, 5) is 39.1. The molecule has 146 valence electrons. The molecule has 0 bridgehead atoms. The minimum Gasteiger partial charge on any atom is -0.494 e. The molecule has 28 heavy (non-hydrogen) atoms. The molecule has 0 radical (unpaired) electrons. The average Bonchev–Trinajstić information content (AvgIpc) is 2.71. The number of nitrogens with one attached hydrogen (secondary N) is 2. The summed E-state index contributed by atoms with van der Waals surface area (Å²) in [7, 11) is 0. The third-order valence-electron chi connectivity index (χ3n) is 4.44. The van der Waals surface area contributed by atoms with Gasteiger partial charge in [-0.3, -0.25) is 14.4 Å². The Hall–Kier alpha value is -3.35. The molecule has 1 heterocycles. The van der Waals surface area contributed by atoms with Crippen LogP contribution in [0, 0.1) is 0 Å². The number of rotatable bonds is 6. The third-order valence-corrected chi connectivity index (χ3v) is 4.44. The van der Waals surface area contributed by atoms with Gasteiger partial charge in [0.05, 0.1) is 13.0 Å². The van der Waals surface area contributed by atoms with E-state index in [9.17, 15) is 14.4 Å². The molecule has 7 heteroatoms. The highest BCUT2D eigenvalue weighted by Gasteiger charge is 2.35. The van der Waals surface area contributed by atoms with Crippen molar-refractivity contribution in [1.82, 2.24) is 10.2 Å². The smallest absolute Gasteiger partial charge is 0.254 e. The van der Waals surface area contributed by atoms with Gasteiger partial charge >= 0.3 is 0 Å². The second-order valence-electron chi connectivity index (χ2n) is 6.38. The van der Waals surface area contributed by atoms with Crippen LogP contribution >= 0.6 is 0 Å². The van der Waals surface area contributed by atoms with Gasteiger partial charge in [0.25, 0.3) is 5.91 Å². The van der Waals surface area contributed by atoms with Crippen molar-refractivity contribution in [2.45, 2.75) is 19.4 Å². The Morgan fingerprint density at radius 3 is 2.54 bits per heavy atom. The van der Waals surface area contributed by atoms with Crippen LogP contribution in [-0.4, -0.2) is 48.4 Å². The number of nitrogens with zero attached hydrogens (tertiary/aromatic N) is 1. The molecule has 1 aliphatic heterocycles. The van der Waals surface area contributed by atoms with Crippen molar-refractivity contribution < 1.29 is 19.1 Å². The summed E-state index contributed by atoms with van der Waals surface area (Å²) >= 11 is 0. The fourth-order valence-corrected chi connectivity index (χ4v) is 3.10. The highest BCUT2D eigenvalue weighted by Crippen LogP contribution is 2.18. The standard InChI is InChI=1S/C21H23N3O4/c1-2-28-17-10-8-16(9-11-17)23-19(25)14-18-20(26)22-12-13-24(18)21(27)15-6-4-3-5-7-15/h3-11,18H,2,12-14H2,1H3,(H,22,26)(H,23,25)/t18-/m1/s1. The SMILES string of the molecule is CCOc1ccc(NC(=O)C[C@@H]2C(=O)NCCN2C(=O)c2ccccc2)cc1. The zero-order chi connectivity index (χ0) is 19.9. The molecule has 0 aromatic heterocycles. The van der Waals surface area contributed by atoms with Crippen LogP contribution in [0.4, 0.5) is 5.69 Å². The molecule has 2 aromatic rings. The minimum absolute atomic E-state index is 0.113. The fraction of sp³-hybridized carbons (Fsp3) is 0.286. The highest BCUT2D eigenvalue weighted by molar-refractivity contribution is 6.01. The lowest BCUT2D eigenvalue weighted by atomic mass is 10.1. The maximum atomic E-state index is 12.8. The number of piperazine rings is 1. The monoisotopic (exact) mass is 381 g/mol. The molecule has 0 unspecified atom stereocenters. The first-order chi connectivity index (χ1) is 13.6. The van der Waals surface area contributed by atoms with Crippen LogP contribution in [0.5, 0.6) is 5.75 Å². The van der Waals surface area contributed by atoms with Gasteiger partial charge in [0.15, 0.2) is 0 Å². The number of benzene rings is 2. The van der Waals surface area contributed by atoms with Crippen LogP contribution in [0.3, 0.4) is 0 Å². The molecule has 0 aliphatic carbocycles. The van der Waals surface area contributed by atoms with Gasteiger partial charge in [-0.05, 0) is 43.3 Å². The zero-order valence-corrected chi connectivity index (χ0v) is 15.7. The Bertz CT molecular complexity index is 836. The molecule has 2 N–H and O–H groups in total. The lowest BCUT2D eigenvalue weighted by molar-refractivity contribution is -0.131. The Morgan fingerprint density at radius 1 is 1.14 bits per heavy atom. The Labute approximate surface area is 163 Å². The molecule has 7 nitrogen and oxygen atoms in total. The van der Waals surface area contributed by atoms with Crippen LogP contribution in [0.15, 0.2) is 54.6 Å². The molecule has 1 atom stereocenters. The van der Waals surface area contributed by atoms with Crippen LogP contribution < -0.4 is 15.4 Å². The van der Waals surface area contributed by atoms with Crippen LogP contribution in [0.2, 0.25) is 0 Å². The second kappa shape index (κ2) is 9.03. The quantitative estimate of drug-likeness (QED) is 0.802. The summed E-state index contributed by atoms with van der Waals surface area (Å²) in [6, 6.07) is 14.9. The zero-order valence-electron chi connectivity index (χ0n) is 15.7. The molecule has 1 aliphatic rings. The van der Waals surface area contributed by atoms with E-state index in [1.54, 1.807) is 48.5 Å². The molecule has 2 aromatic carbocycles. The van der Waals surface area contributed by atoms with Crippen LogP contribution in [-0.2, 0) is 9.59 Å². The topological polar surface area (TPSA) is 87.7 Å². The van der Waals surface area contributed by atoms with Crippen molar-refractivity contribution >= 4 is 23.4 Å². The number of hydrogen-bond donors (Lipinski definition) is 2. The minimum atomic E-state index is -0.843. The van der Waals surface area contributed by atoms with Gasteiger partial charge in [-0.15, -0.1) is 0 Å². The predicted octanol–water partition coefficient (Wildman–Crippen LogP) is 2.05. The van der Waals surface area contributed by atoms with E-state index in [4.69, 9.17) is 4.74 Å². The molecule has 1 fully saturated rings. The van der Waals surface area contributed by atoms with Gasteiger partial charge < -0.3 is 20.3 Å². The fourth-order valence-electron chi connectivity index (χ4n) is 3.10. The Balaban J connectivity index is 1.67. The molecule has 1 saturated heterocycles. The number of anilines is 1. The van der Waals surface area contributed by atoms with E-state index in [0.717, 1.165) is 0 Å². The lowest BCUT2D eigenvalue weighted by Gasteiger charge is -2.34. The molecule has 3 amide bonds. The highest BCUT2D eigenvalue weighted by atomic mass is 16.5. The van der Waals surface area contributed by atoms with Crippen molar-refractivity contribution in [2.24, 2.45) is 0 Å². The van der Waals surface area contributed by atoms with E-state index in [1.165, 1.54) is 4.90 Å². The number of carbonyl (C=O) groups is 3. The lowest BCUT2D eigenvalue weighted by Crippen LogP contribution is -2.58. The molecular weight excluding hydrogens is 358 g/mol. The van der Waals surface area contributed by atoms with Crippen LogP contribution in [0.25, 0.3) is 0 Å². The summed E-state index contributed by atoms with van der Waals surface area (Å²) in [5, 5.41) is 5.50. The predicted molar refractivity (Wildman–Crippen MR) is 105 cm³/mol. The van der Waals surface area contributed by atoms with Gasteiger partial charge in [-0.1, -0.05) is 18.2 Å². The number of ether oxygens (including phenoxy) is 1. The van der Waals surface area contributed by atoms with Crippen molar-refractivity contribution in [3.63, 3.8) is 0 Å². The van der Waals surface area contributed by atoms with Crippen molar-refractivity contribution in [3.05, 3.63) is 60.2 Å². The van der Waals surface area contributed by atoms with Gasteiger partial charge in [-0.25, -0.2) is 0 Å². The maximum Gasteiger partial charge on any atom is 0.254 e. The largest absolute Gasteiger partial charge is 0.494 e. The molecule has 3 rings (SSSR count). The van der Waals surface area contributed by atoms with E-state index in [-0.39, 0.29) is 24.1 Å². The summed E-state index contributed by atoms with van der Waals surface area (Å²) in [6.07, 6.45) is -0.113. The summed E-state index contributed by atoms with van der Waals surface area (Å²) < 4.78 is 5.37. The van der Waals surface area contributed by atoms with E-state index < -0.39 is 6.04 Å². The van der Waals surface area contributed by atoms with Crippen molar-refractivity contribution in [2.75, 3.05) is 25.0 Å². The van der Waals surface area contributed by atoms with Gasteiger partial charge in [0.2, 0.25) is 11.8 Å². The Kier molecular flexibility index (Phi) is 6.26. The summed E-state index contributed by atoms with van der Waals surface area (Å²) in [5.74, 6) is -0.199. The van der Waals surface area contributed by atoms with Gasteiger partial charge in [0.1, 0.15) is 11.8 Å². The van der Waals surface area contributed by atoms with E-state index >= 15 is 0 Å². The first-order valence-corrected chi connectivity index (χ1v) is 9.25. The van der Waals surface area contributed by atoms with E-state index in [1.807, 2.05) is 13.0 Å². The summed E-state index contributed by atoms with van der Waals surface area (Å²) in [5.41, 5.74) is 1.10. The average molecular weight is 381 g/mol. The number of hydrogen-bond acceptors (Lipinski definition) is 4. The third kappa shape index (κ3) is 4.68. The van der Waals surface area contributed by atoms with Gasteiger partial charge in [0, 0.05) is 24.3 Å². The van der Waals surface area contributed by atoms with Crippen molar-refractivity contribution in [1.29, 1.82) is 0 Å². The molecular formula is C21H23N3O4. The number of carbonyl (C=O) groups excluding carboxylic acids is 3. The first kappa shape index (κ1) is 19.4. The summed E-state index contributed by atoms with van der Waals surface area (Å²) in [6.45, 7) is 3.19. The second-order valence-corrected chi connectivity index (χ2v) is 6.38. The maximum absolute atomic E-state index is 12.8. The molecule has 0 spiro atoms.